The molecule has 0 saturated carbocycles. The Balaban J connectivity index is 2.62. The van der Waals surface area contributed by atoms with Crippen LogP contribution in [0.3, 0.4) is 0 Å². The first-order valence-corrected chi connectivity index (χ1v) is 6.91. The molecular formula is C10H16N4O3S. The van der Waals surface area contributed by atoms with Gasteiger partial charge in [-0.25, -0.2) is 9.78 Å². The van der Waals surface area contributed by atoms with Crippen LogP contribution in [0, 0.1) is 0 Å². The number of aryl methyl sites for hydroxylation is 1. The van der Waals surface area contributed by atoms with Crippen molar-refractivity contribution in [1.29, 1.82) is 0 Å². The third-order valence-corrected chi connectivity index (χ3v) is 2.93. The second-order valence-corrected chi connectivity index (χ2v) is 4.59. The molecule has 0 saturated heterocycles. The van der Waals surface area contributed by atoms with Gasteiger partial charge in [-0.05, 0) is 18.4 Å². The second kappa shape index (κ2) is 7.00. The lowest BCUT2D eigenvalue weighted by Crippen LogP contribution is -2.41. The Bertz CT molecular complexity index is 421. The van der Waals surface area contributed by atoms with Crippen molar-refractivity contribution in [3.05, 3.63) is 11.6 Å². The molecular weight excluding hydrogens is 256 g/mol. The minimum Gasteiger partial charge on any atom is -0.480 e. The highest BCUT2D eigenvalue weighted by molar-refractivity contribution is 7.98. The largest absolute Gasteiger partial charge is 0.480 e. The van der Waals surface area contributed by atoms with E-state index in [4.69, 9.17) is 5.11 Å². The number of carbonyl (C=O) groups excluding carboxylic acids is 1. The average Bonchev–Trinajstić information content (AvgIpc) is 2.82. The molecule has 1 aromatic heterocycles. The van der Waals surface area contributed by atoms with Gasteiger partial charge in [0.15, 0.2) is 0 Å². The van der Waals surface area contributed by atoms with E-state index in [1.165, 1.54) is 11.8 Å². The van der Waals surface area contributed by atoms with Crippen LogP contribution in [0.5, 0.6) is 0 Å². The Morgan fingerprint density at radius 1 is 1.56 bits per heavy atom. The number of H-pyrrole nitrogens is 1. The number of carbonyl (C=O) groups is 2. The minimum atomic E-state index is -1.05. The summed E-state index contributed by atoms with van der Waals surface area (Å²) in [5.74, 6) is -0.396. The molecule has 0 radical (unpaired) electrons. The molecule has 1 amide bonds. The third kappa shape index (κ3) is 4.02. The molecule has 0 aromatic carbocycles. The lowest BCUT2D eigenvalue weighted by molar-refractivity contribution is -0.139. The van der Waals surface area contributed by atoms with E-state index in [1.54, 1.807) is 0 Å². The summed E-state index contributed by atoms with van der Waals surface area (Å²) in [4.78, 5) is 26.6. The topological polar surface area (TPSA) is 108 Å². The number of carboxylic acids is 1. The molecule has 0 aliphatic rings. The molecule has 1 atom stereocenters. The zero-order valence-electron chi connectivity index (χ0n) is 10.3. The number of nitrogens with zero attached hydrogens (tertiary/aromatic N) is 2. The van der Waals surface area contributed by atoms with Crippen molar-refractivity contribution in [3.8, 4) is 0 Å². The highest BCUT2D eigenvalue weighted by atomic mass is 32.2. The Labute approximate surface area is 109 Å². The van der Waals surface area contributed by atoms with Crippen LogP contribution in [0.15, 0.2) is 0 Å². The molecule has 0 bridgehead atoms. The first-order chi connectivity index (χ1) is 8.58. The zero-order chi connectivity index (χ0) is 13.5. The van der Waals surface area contributed by atoms with Crippen molar-refractivity contribution in [2.45, 2.75) is 25.8 Å². The van der Waals surface area contributed by atoms with Gasteiger partial charge in [-0.3, -0.25) is 9.89 Å². The molecule has 18 heavy (non-hydrogen) atoms. The number of nitrogens with one attached hydrogen (secondary N) is 2. The van der Waals surface area contributed by atoms with Gasteiger partial charge < -0.3 is 10.4 Å². The van der Waals surface area contributed by atoms with Crippen LogP contribution >= 0.6 is 11.8 Å². The lowest BCUT2D eigenvalue weighted by Gasteiger charge is -2.12. The van der Waals surface area contributed by atoms with Crippen molar-refractivity contribution in [2.24, 2.45) is 0 Å². The van der Waals surface area contributed by atoms with E-state index in [0.717, 1.165) is 0 Å². The number of amides is 1. The van der Waals surface area contributed by atoms with E-state index < -0.39 is 17.9 Å². The van der Waals surface area contributed by atoms with Crippen molar-refractivity contribution in [3.63, 3.8) is 0 Å². The van der Waals surface area contributed by atoms with Gasteiger partial charge in [0.05, 0.1) is 0 Å². The van der Waals surface area contributed by atoms with Crippen LogP contribution in [0.1, 0.15) is 29.8 Å². The molecule has 100 valence electrons. The van der Waals surface area contributed by atoms with Gasteiger partial charge in [0.1, 0.15) is 11.9 Å². The summed E-state index contributed by atoms with van der Waals surface area (Å²) < 4.78 is 0. The minimum absolute atomic E-state index is 0.0257. The number of aromatic nitrogens is 3. The van der Waals surface area contributed by atoms with Crippen LogP contribution in [-0.4, -0.2) is 50.2 Å². The van der Waals surface area contributed by atoms with Crippen molar-refractivity contribution >= 4 is 23.6 Å². The first-order valence-electron chi connectivity index (χ1n) is 5.52. The molecule has 1 aromatic rings. The van der Waals surface area contributed by atoms with Gasteiger partial charge in [-0.15, -0.1) is 5.10 Å². The number of aliphatic carboxylic acids is 1. The quantitative estimate of drug-likeness (QED) is 0.659. The molecule has 0 unspecified atom stereocenters. The lowest BCUT2D eigenvalue weighted by atomic mass is 10.2. The molecule has 0 spiro atoms. The number of aromatic amines is 1. The molecule has 0 aliphatic heterocycles. The summed E-state index contributed by atoms with van der Waals surface area (Å²) >= 11 is 1.53. The second-order valence-electron chi connectivity index (χ2n) is 3.61. The van der Waals surface area contributed by atoms with Gasteiger partial charge in [-0.1, -0.05) is 6.92 Å². The Kier molecular flexibility index (Phi) is 5.63. The Morgan fingerprint density at radius 2 is 2.28 bits per heavy atom. The SMILES string of the molecule is CCc1nc(C(=O)N[C@@H](CCSC)C(=O)O)n[nH]1. The molecule has 0 aliphatic carbocycles. The summed E-state index contributed by atoms with van der Waals surface area (Å²) in [6, 6.07) is -0.909. The zero-order valence-corrected chi connectivity index (χ0v) is 11.1. The van der Waals surface area contributed by atoms with Crippen molar-refractivity contribution in [1.82, 2.24) is 20.5 Å². The maximum atomic E-state index is 11.7. The van der Waals surface area contributed by atoms with Gasteiger partial charge in [-0.2, -0.15) is 11.8 Å². The molecule has 1 rings (SSSR count). The molecule has 3 N–H and O–H groups in total. The van der Waals surface area contributed by atoms with E-state index in [-0.39, 0.29) is 5.82 Å². The molecule has 1 heterocycles. The fourth-order valence-corrected chi connectivity index (χ4v) is 1.74. The van der Waals surface area contributed by atoms with E-state index in [1.807, 2.05) is 13.2 Å². The van der Waals surface area contributed by atoms with Crippen LogP contribution in [0.2, 0.25) is 0 Å². The third-order valence-electron chi connectivity index (χ3n) is 2.28. The van der Waals surface area contributed by atoms with E-state index in [9.17, 15) is 9.59 Å². The molecule has 7 nitrogen and oxygen atoms in total. The summed E-state index contributed by atoms with van der Waals surface area (Å²) in [5, 5.41) is 17.7. The Hall–Kier alpha value is -1.57. The smallest absolute Gasteiger partial charge is 0.326 e. The van der Waals surface area contributed by atoms with Crippen molar-refractivity contribution < 1.29 is 14.7 Å². The number of hydrogen-bond donors (Lipinski definition) is 3. The number of rotatable bonds is 7. The normalized spacial score (nSPS) is 12.1. The predicted octanol–water partition coefficient (Wildman–Crippen LogP) is 0.303. The summed E-state index contributed by atoms with van der Waals surface area (Å²) in [7, 11) is 0. The van der Waals surface area contributed by atoms with E-state index in [0.29, 0.717) is 24.4 Å². The van der Waals surface area contributed by atoms with Gasteiger partial charge >= 0.3 is 5.97 Å². The summed E-state index contributed by atoms with van der Waals surface area (Å²) in [6.07, 6.45) is 2.88. The maximum Gasteiger partial charge on any atom is 0.326 e. The van der Waals surface area contributed by atoms with Gasteiger partial charge in [0.25, 0.3) is 5.91 Å². The number of thioether (sulfide) groups is 1. The highest BCUT2D eigenvalue weighted by Crippen LogP contribution is 2.02. The predicted molar refractivity (Wildman–Crippen MR) is 67.6 cm³/mol. The Morgan fingerprint density at radius 3 is 2.78 bits per heavy atom. The van der Waals surface area contributed by atoms with Crippen molar-refractivity contribution in [2.75, 3.05) is 12.0 Å². The van der Waals surface area contributed by atoms with Crippen LogP contribution in [0.25, 0.3) is 0 Å². The number of hydrogen-bond acceptors (Lipinski definition) is 5. The molecule has 8 heteroatoms. The van der Waals surface area contributed by atoms with Gasteiger partial charge in [0, 0.05) is 6.42 Å². The molecule has 0 fully saturated rings. The monoisotopic (exact) mass is 272 g/mol. The number of carboxylic acid groups (broad SMARTS) is 1. The van der Waals surface area contributed by atoms with Crippen LogP contribution < -0.4 is 5.32 Å². The van der Waals surface area contributed by atoms with Crippen LogP contribution in [0.4, 0.5) is 0 Å². The van der Waals surface area contributed by atoms with E-state index >= 15 is 0 Å². The summed E-state index contributed by atoms with van der Waals surface area (Å²) in [6.45, 7) is 1.88. The van der Waals surface area contributed by atoms with Crippen LogP contribution in [-0.2, 0) is 11.2 Å². The fraction of sp³-hybridized carbons (Fsp3) is 0.600. The highest BCUT2D eigenvalue weighted by Gasteiger charge is 2.22. The summed E-state index contributed by atoms with van der Waals surface area (Å²) in [5.41, 5.74) is 0. The first kappa shape index (κ1) is 14.5. The van der Waals surface area contributed by atoms with Gasteiger partial charge in [0.2, 0.25) is 5.82 Å². The maximum absolute atomic E-state index is 11.7. The van der Waals surface area contributed by atoms with E-state index in [2.05, 4.69) is 20.5 Å². The standard InChI is InChI=1S/C10H16N4O3S/c1-3-7-12-8(14-13-7)9(15)11-6(10(16)17)4-5-18-2/h6H,3-5H2,1-2H3,(H,11,15)(H,16,17)(H,12,13,14)/t6-/m0/s1. The average molecular weight is 272 g/mol. The fourth-order valence-electron chi connectivity index (χ4n) is 1.27.